The van der Waals surface area contributed by atoms with E-state index in [1.165, 1.54) is 0 Å². The molecule has 1 saturated heterocycles. The Morgan fingerprint density at radius 1 is 1.57 bits per heavy atom. The second-order valence-electron chi connectivity index (χ2n) is 5.97. The van der Waals surface area contributed by atoms with E-state index in [-0.39, 0.29) is 11.7 Å². The molecule has 1 aliphatic rings. The van der Waals surface area contributed by atoms with Gasteiger partial charge in [-0.05, 0) is 32.4 Å². The van der Waals surface area contributed by atoms with Crippen LogP contribution >= 0.6 is 0 Å². The number of hydrogen-bond donors (Lipinski definition) is 2. The number of piperidine rings is 1. The van der Waals surface area contributed by atoms with E-state index in [0.717, 1.165) is 38.0 Å². The van der Waals surface area contributed by atoms with Gasteiger partial charge >= 0.3 is 0 Å². The summed E-state index contributed by atoms with van der Waals surface area (Å²) in [5.41, 5.74) is 6.51. The first-order valence-electron chi connectivity index (χ1n) is 8.00. The Labute approximate surface area is 134 Å². The molecule has 2 aromatic heterocycles. The third-order valence-corrected chi connectivity index (χ3v) is 4.43. The first-order valence-corrected chi connectivity index (χ1v) is 8.00. The number of nitrogens with zero attached hydrogens (tertiary/aromatic N) is 4. The lowest BCUT2D eigenvalue weighted by molar-refractivity contribution is 0.0995. The number of aryl methyl sites for hydroxylation is 1. The van der Waals surface area contributed by atoms with Gasteiger partial charge in [0.15, 0.2) is 0 Å². The second-order valence-corrected chi connectivity index (χ2v) is 5.97. The van der Waals surface area contributed by atoms with Gasteiger partial charge in [0, 0.05) is 24.6 Å². The third-order valence-electron chi connectivity index (χ3n) is 4.43. The van der Waals surface area contributed by atoms with E-state index in [2.05, 4.69) is 32.2 Å². The Bertz CT molecular complexity index is 679. The van der Waals surface area contributed by atoms with Crippen molar-refractivity contribution in [2.75, 3.05) is 13.1 Å². The quantitative estimate of drug-likeness (QED) is 0.861. The van der Waals surface area contributed by atoms with Gasteiger partial charge in [-0.25, -0.2) is 0 Å². The molecule has 0 unspecified atom stereocenters. The van der Waals surface area contributed by atoms with Crippen molar-refractivity contribution in [3.63, 3.8) is 0 Å². The molecule has 3 rings (SSSR count). The first-order chi connectivity index (χ1) is 11.1. The van der Waals surface area contributed by atoms with Crippen LogP contribution in [0.3, 0.4) is 0 Å². The van der Waals surface area contributed by atoms with Crippen molar-refractivity contribution in [2.45, 2.75) is 45.1 Å². The number of likely N-dealkylation sites (tertiary alicyclic amines) is 1. The van der Waals surface area contributed by atoms with Crippen molar-refractivity contribution in [1.29, 1.82) is 0 Å². The summed E-state index contributed by atoms with van der Waals surface area (Å²) in [6, 6.07) is 1.83. The van der Waals surface area contributed by atoms with Crippen LogP contribution in [0.4, 0.5) is 0 Å². The monoisotopic (exact) mass is 318 g/mol. The average Bonchev–Trinajstić information content (AvgIpc) is 3.23. The number of H-pyrrole nitrogens is 1. The molecule has 8 nitrogen and oxygen atoms in total. The van der Waals surface area contributed by atoms with Gasteiger partial charge in [-0.2, -0.15) is 5.10 Å². The van der Waals surface area contributed by atoms with Crippen molar-refractivity contribution in [3.05, 3.63) is 29.2 Å². The zero-order chi connectivity index (χ0) is 16.4. The van der Waals surface area contributed by atoms with Crippen molar-refractivity contribution >= 4 is 5.91 Å². The van der Waals surface area contributed by atoms with E-state index in [4.69, 9.17) is 10.2 Å². The number of carbonyl (C=O) groups excluding carboxylic acids is 1. The van der Waals surface area contributed by atoms with Crippen molar-refractivity contribution < 1.29 is 9.21 Å². The Balaban J connectivity index is 1.70. The number of nitrogens with one attached hydrogen (secondary N) is 1. The highest BCUT2D eigenvalue weighted by Crippen LogP contribution is 2.31. The molecule has 0 bridgehead atoms. The van der Waals surface area contributed by atoms with Crippen LogP contribution < -0.4 is 5.73 Å². The average molecular weight is 318 g/mol. The van der Waals surface area contributed by atoms with E-state index >= 15 is 0 Å². The molecule has 3 heterocycles. The van der Waals surface area contributed by atoms with Crippen molar-refractivity contribution in [1.82, 2.24) is 25.3 Å². The summed E-state index contributed by atoms with van der Waals surface area (Å²) in [7, 11) is 0. The van der Waals surface area contributed by atoms with Crippen LogP contribution in [0.2, 0.25) is 0 Å². The molecule has 0 aromatic carbocycles. The Hall–Kier alpha value is -2.22. The van der Waals surface area contributed by atoms with Crippen LogP contribution in [-0.4, -0.2) is 44.3 Å². The fourth-order valence-corrected chi connectivity index (χ4v) is 3.02. The number of hydrogen-bond acceptors (Lipinski definition) is 6. The minimum Gasteiger partial charge on any atom is -0.424 e. The van der Waals surface area contributed by atoms with Gasteiger partial charge in [-0.3, -0.25) is 14.8 Å². The highest BCUT2D eigenvalue weighted by molar-refractivity contribution is 5.90. The van der Waals surface area contributed by atoms with E-state index in [1.807, 2.05) is 6.92 Å². The van der Waals surface area contributed by atoms with Gasteiger partial charge in [-0.1, -0.05) is 6.92 Å². The van der Waals surface area contributed by atoms with Crippen LogP contribution in [0.25, 0.3) is 0 Å². The number of nitrogens with two attached hydrogens (primary N) is 1. The fraction of sp³-hybridized carbons (Fsp3) is 0.600. The molecule has 1 fully saturated rings. The molecule has 2 atom stereocenters. The van der Waals surface area contributed by atoms with Crippen LogP contribution in [0.1, 0.15) is 66.6 Å². The molecular formula is C15H22N6O2. The van der Waals surface area contributed by atoms with Crippen molar-refractivity contribution in [3.8, 4) is 0 Å². The smallest absolute Gasteiger partial charge is 0.269 e. The highest BCUT2D eigenvalue weighted by Gasteiger charge is 2.29. The number of carbonyl (C=O) groups is 1. The Kier molecular flexibility index (Phi) is 4.42. The minimum absolute atomic E-state index is 0.0733. The molecule has 8 heteroatoms. The number of rotatable bonds is 5. The van der Waals surface area contributed by atoms with Crippen LogP contribution in [0, 0.1) is 0 Å². The normalized spacial score (nSPS) is 20.5. The van der Waals surface area contributed by atoms with E-state index in [1.54, 1.807) is 6.07 Å². The van der Waals surface area contributed by atoms with Gasteiger partial charge in [0.05, 0.1) is 6.04 Å². The standard InChI is InChI=1S/C15H22N6O2/c1-3-13-19-20-15(23-13)9(2)21-6-4-5-10(8-21)11-7-12(14(16)22)18-17-11/h7,9-10H,3-6,8H2,1-2H3,(H2,16,22)(H,17,18)/t9-,10-/m1/s1. The SMILES string of the molecule is CCc1nnc([C@@H](C)N2CCC[C@@H](c3cc(C(N)=O)n[nH]3)C2)o1. The van der Waals surface area contributed by atoms with Gasteiger partial charge in [0.25, 0.3) is 5.91 Å². The number of amides is 1. The molecule has 1 amide bonds. The third kappa shape index (κ3) is 3.26. The summed E-state index contributed by atoms with van der Waals surface area (Å²) in [5, 5.41) is 15.1. The van der Waals surface area contributed by atoms with Crippen LogP contribution in [0.5, 0.6) is 0 Å². The van der Waals surface area contributed by atoms with E-state index in [0.29, 0.717) is 17.7 Å². The molecule has 0 saturated carbocycles. The topological polar surface area (TPSA) is 114 Å². The fourth-order valence-electron chi connectivity index (χ4n) is 3.02. The first kappa shape index (κ1) is 15.7. The molecule has 124 valence electrons. The molecular weight excluding hydrogens is 296 g/mol. The highest BCUT2D eigenvalue weighted by atomic mass is 16.4. The molecule has 0 radical (unpaired) electrons. The summed E-state index contributed by atoms with van der Waals surface area (Å²) < 4.78 is 5.68. The summed E-state index contributed by atoms with van der Waals surface area (Å²) in [5.74, 6) is 1.11. The van der Waals surface area contributed by atoms with Crippen LogP contribution in [-0.2, 0) is 6.42 Å². The molecule has 23 heavy (non-hydrogen) atoms. The lowest BCUT2D eigenvalue weighted by atomic mass is 9.93. The van der Waals surface area contributed by atoms with E-state index < -0.39 is 5.91 Å². The van der Waals surface area contributed by atoms with Gasteiger partial charge < -0.3 is 10.2 Å². The molecule has 2 aromatic rings. The van der Waals surface area contributed by atoms with Crippen LogP contribution in [0.15, 0.2) is 10.5 Å². The van der Waals surface area contributed by atoms with Gasteiger partial charge in [0.1, 0.15) is 5.69 Å². The summed E-state index contributed by atoms with van der Waals surface area (Å²) in [4.78, 5) is 13.5. The predicted molar refractivity (Wildman–Crippen MR) is 82.7 cm³/mol. The zero-order valence-electron chi connectivity index (χ0n) is 13.5. The maximum absolute atomic E-state index is 11.2. The maximum Gasteiger partial charge on any atom is 0.269 e. The second kappa shape index (κ2) is 6.49. The number of primary amides is 1. The number of aromatic amines is 1. The molecule has 3 N–H and O–H groups in total. The predicted octanol–water partition coefficient (Wildman–Crippen LogP) is 1.39. The van der Waals surface area contributed by atoms with Gasteiger partial charge in [0.2, 0.25) is 11.8 Å². The summed E-state index contributed by atoms with van der Waals surface area (Å²) >= 11 is 0. The minimum atomic E-state index is -0.508. The summed E-state index contributed by atoms with van der Waals surface area (Å²) in [6.07, 6.45) is 2.86. The molecule has 0 spiro atoms. The van der Waals surface area contributed by atoms with Crippen molar-refractivity contribution in [2.24, 2.45) is 5.73 Å². The lowest BCUT2D eigenvalue weighted by Gasteiger charge is -2.34. The molecule has 0 aliphatic carbocycles. The molecule has 1 aliphatic heterocycles. The summed E-state index contributed by atoms with van der Waals surface area (Å²) in [6.45, 7) is 5.91. The Morgan fingerprint density at radius 2 is 2.39 bits per heavy atom. The lowest BCUT2D eigenvalue weighted by Crippen LogP contribution is -2.36. The van der Waals surface area contributed by atoms with E-state index in [9.17, 15) is 4.79 Å². The van der Waals surface area contributed by atoms with Gasteiger partial charge in [-0.15, -0.1) is 10.2 Å². The largest absolute Gasteiger partial charge is 0.424 e. The number of aromatic nitrogens is 4. The maximum atomic E-state index is 11.2. The zero-order valence-corrected chi connectivity index (χ0v) is 13.5. The Morgan fingerprint density at radius 3 is 3.04 bits per heavy atom.